The Bertz CT molecular complexity index is 664. The summed E-state index contributed by atoms with van der Waals surface area (Å²) in [5.74, 6) is -0.744. The summed E-state index contributed by atoms with van der Waals surface area (Å²) >= 11 is 0. The minimum atomic E-state index is -1.11. The fraction of sp³-hybridized carbons (Fsp3) is 0.708. The van der Waals surface area contributed by atoms with Crippen molar-refractivity contribution in [3.8, 4) is 5.75 Å². The average Bonchev–Trinajstić information content (AvgIpc) is 2.72. The third-order valence-corrected chi connectivity index (χ3v) is 5.38. The number of carbonyl (C=O) groups is 1. The first-order chi connectivity index (χ1) is 15.0. The van der Waals surface area contributed by atoms with Gasteiger partial charge in [0.25, 0.3) is 0 Å². The van der Waals surface area contributed by atoms with E-state index in [-0.39, 0.29) is 11.1 Å². The summed E-state index contributed by atoms with van der Waals surface area (Å²) in [6.07, 6.45) is 15.2. The van der Waals surface area contributed by atoms with Crippen LogP contribution in [0.5, 0.6) is 5.75 Å². The molecule has 0 bridgehead atoms. The maximum Gasteiger partial charge on any atom is 0.337 e. The molecule has 0 aliphatic carbocycles. The lowest BCUT2D eigenvalue weighted by Crippen LogP contribution is -2.11. The van der Waals surface area contributed by atoms with Crippen LogP contribution >= 0.6 is 0 Å². The van der Waals surface area contributed by atoms with Gasteiger partial charge in [0.05, 0.1) is 23.4 Å². The molecule has 0 saturated heterocycles. The van der Waals surface area contributed by atoms with Crippen LogP contribution in [-0.4, -0.2) is 29.2 Å². The molecule has 0 saturated carbocycles. The number of aromatic carboxylic acids is 1. The highest BCUT2D eigenvalue weighted by Crippen LogP contribution is 2.29. The van der Waals surface area contributed by atoms with Gasteiger partial charge in [0, 0.05) is 17.5 Å². The van der Waals surface area contributed by atoms with E-state index in [1.807, 2.05) is 0 Å². The van der Waals surface area contributed by atoms with E-state index in [9.17, 15) is 20.0 Å². The minimum absolute atomic E-state index is 0.0410. The molecule has 31 heavy (non-hydrogen) atoms. The SMILES string of the molecule is CCCCCCCCCCCCCCNc1cc(OCC)c(C[N+](=O)[O-])cc1C(=O)O. The van der Waals surface area contributed by atoms with Gasteiger partial charge in [-0.25, -0.2) is 4.79 Å². The van der Waals surface area contributed by atoms with Crippen LogP contribution in [0.3, 0.4) is 0 Å². The number of benzene rings is 1. The molecule has 0 fully saturated rings. The van der Waals surface area contributed by atoms with Gasteiger partial charge in [-0.2, -0.15) is 0 Å². The Morgan fingerprint density at radius 2 is 1.52 bits per heavy atom. The first-order valence-electron chi connectivity index (χ1n) is 11.9. The van der Waals surface area contributed by atoms with Gasteiger partial charge in [-0.15, -0.1) is 0 Å². The van der Waals surface area contributed by atoms with Crippen molar-refractivity contribution in [2.75, 3.05) is 18.5 Å². The van der Waals surface area contributed by atoms with Gasteiger partial charge < -0.3 is 15.2 Å². The number of carboxylic acids is 1. The molecule has 2 N–H and O–H groups in total. The van der Waals surface area contributed by atoms with Crippen LogP contribution in [0.1, 0.15) is 107 Å². The van der Waals surface area contributed by atoms with E-state index in [1.54, 1.807) is 13.0 Å². The average molecular weight is 437 g/mol. The van der Waals surface area contributed by atoms with E-state index in [1.165, 1.54) is 70.3 Å². The van der Waals surface area contributed by atoms with E-state index in [4.69, 9.17) is 4.74 Å². The molecule has 0 radical (unpaired) electrons. The smallest absolute Gasteiger partial charge is 0.337 e. The molecule has 7 nitrogen and oxygen atoms in total. The van der Waals surface area contributed by atoms with E-state index >= 15 is 0 Å². The van der Waals surface area contributed by atoms with Crippen LogP contribution in [0.4, 0.5) is 5.69 Å². The molecule has 0 aromatic heterocycles. The number of nitro groups is 1. The van der Waals surface area contributed by atoms with Crippen molar-refractivity contribution in [1.29, 1.82) is 0 Å². The van der Waals surface area contributed by atoms with Crippen molar-refractivity contribution in [2.45, 2.75) is 97.4 Å². The number of rotatable bonds is 19. The third kappa shape index (κ3) is 11.6. The Hall–Kier alpha value is -2.31. The number of anilines is 1. The highest BCUT2D eigenvalue weighted by atomic mass is 16.6. The minimum Gasteiger partial charge on any atom is -0.493 e. The second-order valence-corrected chi connectivity index (χ2v) is 8.05. The largest absolute Gasteiger partial charge is 0.493 e. The van der Waals surface area contributed by atoms with Gasteiger partial charge in [0.1, 0.15) is 5.75 Å². The molecule has 0 aliphatic rings. The Labute approximate surface area is 186 Å². The summed E-state index contributed by atoms with van der Waals surface area (Å²) in [6.45, 7) is 4.59. The molecule has 0 aliphatic heterocycles. The fourth-order valence-electron chi connectivity index (χ4n) is 3.69. The van der Waals surface area contributed by atoms with Crippen molar-refractivity contribution in [1.82, 2.24) is 0 Å². The molecular formula is C24H40N2O5. The zero-order valence-corrected chi connectivity index (χ0v) is 19.3. The highest BCUT2D eigenvalue weighted by Gasteiger charge is 2.18. The van der Waals surface area contributed by atoms with Gasteiger partial charge in [-0.3, -0.25) is 10.1 Å². The number of hydrogen-bond donors (Lipinski definition) is 2. The van der Waals surface area contributed by atoms with Crippen molar-refractivity contribution < 1.29 is 19.6 Å². The Balaban J connectivity index is 2.36. The van der Waals surface area contributed by atoms with Crippen LogP contribution < -0.4 is 10.1 Å². The quantitative estimate of drug-likeness (QED) is 0.143. The maximum atomic E-state index is 11.6. The number of nitrogens with zero attached hydrogens (tertiary/aromatic N) is 1. The van der Waals surface area contributed by atoms with Crippen molar-refractivity contribution >= 4 is 11.7 Å². The molecule has 0 amide bonds. The predicted octanol–water partition coefficient (Wildman–Crippen LogP) is 6.67. The summed E-state index contributed by atoms with van der Waals surface area (Å²) in [5, 5.41) is 23.6. The lowest BCUT2D eigenvalue weighted by molar-refractivity contribution is -0.496. The second-order valence-electron chi connectivity index (χ2n) is 8.05. The van der Waals surface area contributed by atoms with Crippen molar-refractivity contribution in [2.24, 2.45) is 0 Å². The van der Waals surface area contributed by atoms with Gasteiger partial charge in [-0.1, -0.05) is 77.6 Å². The van der Waals surface area contributed by atoms with Crippen molar-refractivity contribution in [3.05, 3.63) is 33.4 Å². The second kappa shape index (κ2) is 16.4. The van der Waals surface area contributed by atoms with Crippen LogP contribution in [0, 0.1) is 10.1 Å². The molecule has 1 rings (SSSR count). The van der Waals surface area contributed by atoms with Gasteiger partial charge in [0.15, 0.2) is 0 Å². The molecule has 0 unspecified atom stereocenters. The number of carboxylic acid groups (broad SMARTS) is 1. The summed E-state index contributed by atoms with van der Waals surface area (Å²) in [7, 11) is 0. The van der Waals surface area contributed by atoms with E-state index in [2.05, 4.69) is 12.2 Å². The molecule has 0 atom stereocenters. The zero-order chi connectivity index (χ0) is 22.9. The van der Waals surface area contributed by atoms with Crippen LogP contribution in [0.2, 0.25) is 0 Å². The standard InChI is InChI=1S/C24H40N2O5/c1-3-5-6-7-8-9-10-11-12-13-14-15-16-25-22-18-23(31-4-2)20(19-26(29)30)17-21(22)24(27)28/h17-18,25H,3-16,19H2,1-2H3,(H,27,28). The topological polar surface area (TPSA) is 102 Å². The van der Waals surface area contributed by atoms with E-state index < -0.39 is 17.4 Å². The Kier molecular flexibility index (Phi) is 14.1. The molecule has 0 heterocycles. The zero-order valence-electron chi connectivity index (χ0n) is 19.3. The lowest BCUT2D eigenvalue weighted by atomic mass is 10.0. The van der Waals surface area contributed by atoms with Gasteiger partial charge in [0.2, 0.25) is 6.54 Å². The third-order valence-electron chi connectivity index (χ3n) is 5.38. The monoisotopic (exact) mass is 436 g/mol. The molecule has 7 heteroatoms. The summed E-state index contributed by atoms with van der Waals surface area (Å²) in [5.41, 5.74) is 0.769. The Morgan fingerprint density at radius 3 is 2.00 bits per heavy atom. The van der Waals surface area contributed by atoms with E-state index in [0.29, 0.717) is 24.6 Å². The molecular weight excluding hydrogens is 396 g/mol. The summed E-state index contributed by atoms with van der Waals surface area (Å²) in [6, 6.07) is 2.92. The van der Waals surface area contributed by atoms with Crippen LogP contribution in [0.25, 0.3) is 0 Å². The fourth-order valence-corrected chi connectivity index (χ4v) is 3.69. The summed E-state index contributed by atoms with van der Waals surface area (Å²) < 4.78 is 5.49. The summed E-state index contributed by atoms with van der Waals surface area (Å²) in [4.78, 5) is 22.0. The normalized spacial score (nSPS) is 10.8. The maximum absolute atomic E-state index is 11.6. The van der Waals surface area contributed by atoms with Crippen LogP contribution in [-0.2, 0) is 6.54 Å². The first-order valence-corrected chi connectivity index (χ1v) is 11.9. The van der Waals surface area contributed by atoms with Gasteiger partial charge >= 0.3 is 5.97 Å². The predicted molar refractivity (Wildman–Crippen MR) is 125 cm³/mol. The van der Waals surface area contributed by atoms with E-state index in [0.717, 1.165) is 12.8 Å². The number of ether oxygens (including phenoxy) is 1. The number of hydrogen-bond acceptors (Lipinski definition) is 5. The number of unbranched alkanes of at least 4 members (excludes halogenated alkanes) is 11. The van der Waals surface area contributed by atoms with Crippen molar-refractivity contribution in [3.63, 3.8) is 0 Å². The number of nitrogens with one attached hydrogen (secondary N) is 1. The van der Waals surface area contributed by atoms with Crippen LogP contribution in [0.15, 0.2) is 12.1 Å². The molecule has 1 aromatic rings. The Morgan fingerprint density at radius 1 is 0.968 bits per heavy atom. The first kappa shape index (κ1) is 26.7. The molecule has 176 valence electrons. The van der Waals surface area contributed by atoms with Gasteiger partial charge in [-0.05, 0) is 19.4 Å². The molecule has 0 spiro atoms. The lowest BCUT2D eigenvalue weighted by Gasteiger charge is -2.14. The highest BCUT2D eigenvalue weighted by molar-refractivity contribution is 5.95. The molecule has 1 aromatic carbocycles.